The molecule has 124 valence electrons. The first-order valence-electron chi connectivity index (χ1n) is 8.00. The van der Waals surface area contributed by atoms with Crippen LogP contribution in [0.5, 0.6) is 5.75 Å². The third-order valence-electron chi connectivity index (χ3n) is 3.81. The SMILES string of the molecule is COc1ccc2cccc(CC(=O)NCC(O)CC(C)C)c2c1. The Labute approximate surface area is 137 Å². The van der Waals surface area contributed by atoms with Gasteiger partial charge < -0.3 is 15.2 Å². The summed E-state index contributed by atoms with van der Waals surface area (Å²) in [7, 11) is 1.63. The van der Waals surface area contributed by atoms with Gasteiger partial charge in [-0.05, 0) is 40.8 Å². The fourth-order valence-electron chi connectivity index (χ4n) is 2.69. The number of nitrogens with one attached hydrogen (secondary N) is 1. The lowest BCUT2D eigenvalue weighted by atomic mass is 10.0. The van der Waals surface area contributed by atoms with Crippen LogP contribution in [0.1, 0.15) is 25.8 Å². The summed E-state index contributed by atoms with van der Waals surface area (Å²) in [6.07, 6.45) is 0.483. The molecule has 1 unspecified atom stereocenters. The maximum atomic E-state index is 12.1. The topological polar surface area (TPSA) is 58.6 Å². The van der Waals surface area contributed by atoms with Crippen molar-refractivity contribution < 1.29 is 14.6 Å². The maximum absolute atomic E-state index is 12.1. The summed E-state index contributed by atoms with van der Waals surface area (Å²) >= 11 is 0. The Morgan fingerprint density at radius 2 is 2.04 bits per heavy atom. The highest BCUT2D eigenvalue weighted by molar-refractivity contribution is 5.91. The number of aliphatic hydroxyl groups is 1. The predicted molar refractivity (Wildman–Crippen MR) is 92.7 cm³/mol. The van der Waals surface area contributed by atoms with E-state index in [0.717, 1.165) is 22.1 Å². The van der Waals surface area contributed by atoms with Crippen LogP contribution >= 0.6 is 0 Å². The molecule has 0 spiro atoms. The number of rotatable bonds is 7. The molecule has 0 aliphatic rings. The van der Waals surface area contributed by atoms with E-state index in [-0.39, 0.29) is 5.91 Å². The Balaban J connectivity index is 2.04. The summed E-state index contributed by atoms with van der Waals surface area (Å²) in [5.74, 6) is 1.10. The highest BCUT2D eigenvalue weighted by Crippen LogP contribution is 2.24. The number of hydrogen-bond acceptors (Lipinski definition) is 3. The van der Waals surface area contributed by atoms with E-state index in [1.165, 1.54) is 0 Å². The lowest BCUT2D eigenvalue weighted by molar-refractivity contribution is -0.120. The van der Waals surface area contributed by atoms with Crippen molar-refractivity contribution in [3.05, 3.63) is 42.0 Å². The third-order valence-corrected chi connectivity index (χ3v) is 3.81. The summed E-state index contributed by atoms with van der Waals surface area (Å²) < 4.78 is 5.26. The molecule has 2 N–H and O–H groups in total. The minimum atomic E-state index is -0.494. The van der Waals surface area contributed by atoms with Gasteiger partial charge in [-0.1, -0.05) is 38.1 Å². The van der Waals surface area contributed by atoms with Crippen LogP contribution in [0.25, 0.3) is 10.8 Å². The highest BCUT2D eigenvalue weighted by Gasteiger charge is 2.11. The molecule has 0 saturated carbocycles. The minimum Gasteiger partial charge on any atom is -0.497 e. The van der Waals surface area contributed by atoms with E-state index in [2.05, 4.69) is 19.2 Å². The molecule has 4 nitrogen and oxygen atoms in total. The van der Waals surface area contributed by atoms with Gasteiger partial charge in [-0.3, -0.25) is 4.79 Å². The van der Waals surface area contributed by atoms with E-state index in [1.54, 1.807) is 7.11 Å². The smallest absolute Gasteiger partial charge is 0.224 e. The van der Waals surface area contributed by atoms with E-state index in [4.69, 9.17) is 4.74 Å². The number of carbonyl (C=O) groups excluding carboxylic acids is 1. The van der Waals surface area contributed by atoms with Crippen LogP contribution in [-0.4, -0.2) is 30.8 Å². The lowest BCUT2D eigenvalue weighted by Gasteiger charge is -2.14. The largest absolute Gasteiger partial charge is 0.497 e. The van der Waals surface area contributed by atoms with Crippen LogP contribution in [0.15, 0.2) is 36.4 Å². The van der Waals surface area contributed by atoms with Crippen LogP contribution < -0.4 is 10.1 Å². The first-order chi connectivity index (χ1) is 11.0. The van der Waals surface area contributed by atoms with Gasteiger partial charge >= 0.3 is 0 Å². The normalized spacial score (nSPS) is 12.4. The predicted octanol–water partition coefficient (Wildman–Crippen LogP) is 2.91. The average molecular weight is 315 g/mol. The molecule has 2 aromatic carbocycles. The molecule has 2 rings (SSSR count). The zero-order chi connectivity index (χ0) is 16.8. The summed E-state index contributed by atoms with van der Waals surface area (Å²) in [6, 6.07) is 11.8. The van der Waals surface area contributed by atoms with Gasteiger partial charge in [-0.2, -0.15) is 0 Å². The average Bonchev–Trinajstić information content (AvgIpc) is 2.52. The maximum Gasteiger partial charge on any atom is 0.224 e. The molecule has 0 heterocycles. The summed E-state index contributed by atoms with van der Waals surface area (Å²) in [4.78, 5) is 12.1. The fourth-order valence-corrected chi connectivity index (χ4v) is 2.69. The van der Waals surface area contributed by atoms with Gasteiger partial charge in [-0.25, -0.2) is 0 Å². The summed E-state index contributed by atoms with van der Waals surface area (Å²) in [5, 5.41) is 14.8. The quantitative estimate of drug-likeness (QED) is 0.826. The van der Waals surface area contributed by atoms with Crippen LogP contribution in [0.4, 0.5) is 0 Å². The molecule has 0 saturated heterocycles. The number of hydrogen-bond donors (Lipinski definition) is 2. The second-order valence-electron chi connectivity index (χ2n) is 6.27. The van der Waals surface area contributed by atoms with E-state index >= 15 is 0 Å². The Kier molecular flexibility index (Phi) is 5.99. The van der Waals surface area contributed by atoms with Crippen molar-refractivity contribution in [1.29, 1.82) is 0 Å². The Morgan fingerprint density at radius 3 is 2.74 bits per heavy atom. The number of ether oxygens (including phenoxy) is 1. The molecule has 0 aliphatic heterocycles. The van der Waals surface area contributed by atoms with Crippen molar-refractivity contribution >= 4 is 16.7 Å². The second kappa shape index (κ2) is 7.97. The monoisotopic (exact) mass is 315 g/mol. The van der Waals surface area contributed by atoms with E-state index < -0.39 is 6.10 Å². The first-order valence-corrected chi connectivity index (χ1v) is 8.00. The van der Waals surface area contributed by atoms with Crippen molar-refractivity contribution in [2.24, 2.45) is 5.92 Å². The summed E-state index contributed by atoms with van der Waals surface area (Å²) in [6.45, 7) is 4.40. The van der Waals surface area contributed by atoms with Crippen molar-refractivity contribution in [3.63, 3.8) is 0 Å². The van der Waals surface area contributed by atoms with Gasteiger partial charge in [0.15, 0.2) is 0 Å². The molecular weight excluding hydrogens is 290 g/mol. The van der Waals surface area contributed by atoms with Crippen LogP contribution in [-0.2, 0) is 11.2 Å². The van der Waals surface area contributed by atoms with Gasteiger partial charge in [0.25, 0.3) is 0 Å². The Morgan fingerprint density at radius 1 is 1.26 bits per heavy atom. The molecule has 2 aromatic rings. The molecule has 0 fully saturated rings. The molecule has 0 aliphatic carbocycles. The third kappa shape index (κ3) is 4.96. The van der Waals surface area contributed by atoms with Crippen molar-refractivity contribution in [2.75, 3.05) is 13.7 Å². The number of benzene rings is 2. The number of aliphatic hydroxyl groups excluding tert-OH is 1. The molecule has 0 aromatic heterocycles. The van der Waals surface area contributed by atoms with Crippen molar-refractivity contribution in [2.45, 2.75) is 32.8 Å². The number of carbonyl (C=O) groups is 1. The fraction of sp³-hybridized carbons (Fsp3) is 0.421. The summed E-state index contributed by atoms with van der Waals surface area (Å²) in [5.41, 5.74) is 0.956. The van der Waals surface area contributed by atoms with E-state index in [9.17, 15) is 9.90 Å². The molecule has 1 amide bonds. The molecule has 0 radical (unpaired) electrons. The minimum absolute atomic E-state index is 0.0804. The van der Waals surface area contributed by atoms with Gasteiger partial charge in [0.2, 0.25) is 5.91 Å². The highest BCUT2D eigenvalue weighted by atomic mass is 16.5. The molecular formula is C19H25NO3. The van der Waals surface area contributed by atoms with Crippen molar-refractivity contribution in [1.82, 2.24) is 5.32 Å². The molecule has 0 bridgehead atoms. The van der Waals surface area contributed by atoms with E-state index in [0.29, 0.717) is 25.3 Å². The van der Waals surface area contributed by atoms with Crippen LogP contribution in [0.3, 0.4) is 0 Å². The first kappa shape index (κ1) is 17.3. The zero-order valence-corrected chi connectivity index (χ0v) is 14.0. The zero-order valence-electron chi connectivity index (χ0n) is 14.0. The Bertz CT molecular complexity index is 667. The van der Waals surface area contributed by atoms with Gasteiger partial charge in [-0.15, -0.1) is 0 Å². The van der Waals surface area contributed by atoms with Gasteiger partial charge in [0, 0.05) is 6.54 Å². The number of fused-ring (bicyclic) bond motifs is 1. The van der Waals surface area contributed by atoms with Crippen LogP contribution in [0.2, 0.25) is 0 Å². The number of amides is 1. The van der Waals surface area contributed by atoms with Crippen LogP contribution in [0, 0.1) is 5.92 Å². The Hall–Kier alpha value is -2.07. The van der Waals surface area contributed by atoms with Gasteiger partial charge in [0.05, 0.1) is 19.6 Å². The lowest BCUT2D eigenvalue weighted by Crippen LogP contribution is -2.33. The van der Waals surface area contributed by atoms with Gasteiger partial charge in [0.1, 0.15) is 5.75 Å². The standard InChI is InChI=1S/C19H25NO3/c1-13(2)9-16(21)12-20-19(22)10-15-6-4-5-14-7-8-17(23-3)11-18(14)15/h4-8,11,13,16,21H,9-10,12H2,1-3H3,(H,20,22). The molecule has 23 heavy (non-hydrogen) atoms. The number of methoxy groups -OCH3 is 1. The molecule has 4 heteroatoms. The second-order valence-corrected chi connectivity index (χ2v) is 6.27. The van der Waals surface area contributed by atoms with Crippen molar-refractivity contribution in [3.8, 4) is 5.75 Å². The molecule has 1 atom stereocenters. The van der Waals surface area contributed by atoms with E-state index in [1.807, 2.05) is 36.4 Å².